The van der Waals surface area contributed by atoms with Crippen molar-refractivity contribution < 1.29 is 9.59 Å². The van der Waals surface area contributed by atoms with E-state index in [0.29, 0.717) is 32.1 Å². The largest absolute Gasteiger partial charge is 0.355 e. The minimum atomic E-state index is -0.0175. The molecule has 6 nitrogen and oxygen atoms in total. The topological polar surface area (TPSA) is 87.5 Å². The molecule has 1 heterocycles. The molecule has 7 heteroatoms. The number of halogens is 1. The molecule has 4 N–H and O–H groups in total. The summed E-state index contributed by atoms with van der Waals surface area (Å²) in [5.74, 6) is 2.56. The molecular weight excluding hydrogens is 352 g/mol. The first kappa shape index (κ1) is 21.5. The summed E-state index contributed by atoms with van der Waals surface area (Å²) in [6.45, 7) is 5.14. The maximum Gasteiger partial charge on any atom is 0.234 e. The molecule has 2 amide bonds. The minimum Gasteiger partial charge on any atom is -0.355 e. The molecule has 26 heavy (non-hydrogen) atoms. The maximum absolute atomic E-state index is 12.5. The molecule has 0 aromatic heterocycles. The van der Waals surface area contributed by atoms with Gasteiger partial charge in [0.1, 0.15) is 0 Å². The lowest BCUT2D eigenvalue weighted by Gasteiger charge is -2.33. The van der Waals surface area contributed by atoms with Gasteiger partial charge in [-0.25, -0.2) is 0 Å². The Morgan fingerprint density at radius 1 is 1.23 bits per heavy atom. The standard InChI is InChI=1S/C19H34N4O2.ClH/c1-13(17-10-14-4-5-15(17)9-14)22-18(24)12-23-8-2-3-16(11-23)19(25)21-7-6-20;/h13-17H,2-12,20H2,1H3,(H,21,25)(H,22,24);1H. The van der Waals surface area contributed by atoms with E-state index in [1.165, 1.54) is 25.7 Å². The number of likely N-dealkylation sites (tertiary alicyclic amines) is 1. The molecule has 5 atom stereocenters. The van der Waals surface area contributed by atoms with E-state index < -0.39 is 0 Å². The van der Waals surface area contributed by atoms with Crippen LogP contribution in [0.15, 0.2) is 0 Å². The van der Waals surface area contributed by atoms with Gasteiger partial charge in [-0.1, -0.05) is 6.42 Å². The predicted octanol–water partition coefficient (Wildman–Crippen LogP) is 1.14. The van der Waals surface area contributed by atoms with Gasteiger partial charge in [-0.3, -0.25) is 14.5 Å². The molecule has 5 unspecified atom stereocenters. The maximum atomic E-state index is 12.5. The predicted molar refractivity (Wildman–Crippen MR) is 105 cm³/mol. The molecule has 2 aliphatic carbocycles. The van der Waals surface area contributed by atoms with Crippen molar-refractivity contribution in [1.29, 1.82) is 0 Å². The number of nitrogens with one attached hydrogen (secondary N) is 2. The molecule has 3 aliphatic rings. The van der Waals surface area contributed by atoms with Crippen LogP contribution in [0.2, 0.25) is 0 Å². The van der Waals surface area contributed by atoms with E-state index in [0.717, 1.165) is 31.2 Å². The van der Waals surface area contributed by atoms with Crippen LogP contribution in [-0.2, 0) is 9.59 Å². The highest BCUT2D eigenvalue weighted by Crippen LogP contribution is 2.49. The zero-order chi connectivity index (χ0) is 17.8. The summed E-state index contributed by atoms with van der Waals surface area (Å²) < 4.78 is 0. The van der Waals surface area contributed by atoms with Gasteiger partial charge in [0.15, 0.2) is 0 Å². The summed E-state index contributed by atoms with van der Waals surface area (Å²) in [4.78, 5) is 26.7. The minimum absolute atomic E-state index is 0. The molecule has 2 saturated carbocycles. The van der Waals surface area contributed by atoms with Crippen LogP contribution in [0.3, 0.4) is 0 Å². The number of carbonyl (C=O) groups is 2. The lowest BCUT2D eigenvalue weighted by molar-refractivity contribution is -0.129. The molecule has 0 radical (unpaired) electrons. The van der Waals surface area contributed by atoms with Gasteiger partial charge in [0.05, 0.1) is 12.5 Å². The van der Waals surface area contributed by atoms with Gasteiger partial charge in [-0.15, -0.1) is 12.4 Å². The first-order chi connectivity index (χ1) is 12.1. The number of fused-ring (bicyclic) bond motifs is 2. The summed E-state index contributed by atoms with van der Waals surface area (Å²) in [5.41, 5.74) is 5.44. The van der Waals surface area contributed by atoms with Crippen molar-refractivity contribution in [3.05, 3.63) is 0 Å². The Kier molecular flexibility index (Phi) is 8.17. The Morgan fingerprint density at radius 2 is 2.04 bits per heavy atom. The number of hydrogen-bond acceptors (Lipinski definition) is 4. The highest BCUT2D eigenvalue weighted by Gasteiger charge is 2.42. The first-order valence-corrected chi connectivity index (χ1v) is 10.1. The van der Waals surface area contributed by atoms with E-state index in [-0.39, 0.29) is 36.2 Å². The van der Waals surface area contributed by atoms with Crippen LogP contribution < -0.4 is 16.4 Å². The van der Waals surface area contributed by atoms with E-state index in [2.05, 4.69) is 22.5 Å². The van der Waals surface area contributed by atoms with Crippen LogP contribution >= 0.6 is 12.4 Å². The van der Waals surface area contributed by atoms with Gasteiger partial charge in [0, 0.05) is 25.7 Å². The molecule has 2 bridgehead atoms. The Bertz CT molecular complexity index is 490. The molecule has 0 spiro atoms. The van der Waals surface area contributed by atoms with Crippen molar-refractivity contribution >= 4 is 24.2 Å². The highest BCUT2D eigenvalue weighted by molar-refractivity contribution is 5.85. The quantitative estimate of drug-likeness (QED) is 0.612. The van der Waals surface area contributed by atoms with E-state index in [4.69, 9.17) is 5.73 Å². The number of amides is 2. The second-order valence-electron chi connectivity index (χ2n) is 8.35. The fourth-order valence-corrected chi connectivity index (χ4v) is 5.27. The summed E-state index contributed by atoms with van der Waals surface area (Å²) in [6.07, 6.45) is 7.27. The third kappa shape index (κ3) is 5.33. The molecule has 1 saturated heterocycles. The van der Waals surface area contributed by atoms with Crippen molar-refractivity contribution in [3.8, 4) is 0 Å². The van der Waals surface area contributed by atoms with Gasteiger partial charge in [0.2, 0.25) is 11.8 Å². The Hall–Kier alpha value is -0.850. The fraction of sp³-hybridized carbons (Fsp3) is 0.895. The summed E-state index contributed by atoms with van der Waals surface area (Å²) in [6, 6.07) is 0.274. The van der Waals surface area contributed by atoms with Crippen molar-refractivity contribution in [1.82, 2.24) is 15.5 Å². The zero-order valence-electron chi connectivity index (χ0n) is 15.9. The number of nitrogens with zero attached hydrogens (tertiary/aromatic N) is 1. The molecule has 3 rings (SSSR count). The summed E-state index contributed by atoms with van der Waals surface area (Å²) in [7, 11) is 0. The monoisotopic (exact) mass is 386 g/mol. The molecule has 150 valence electrons. The Labute approximate surface area is 163 Å². The van der Waals surface area contributed by atoms with Crippen LogP contribution in [0.5, 0.6) is 0 Å². The van der Waals surface area contributed by atoms with Crippen LogP contribution in [0.4, 0.5) is 0 Å². The van der Waals surface area contributed by atoms with Gasteiger partial charge >= 0.3 is 0 Å². The second-order valence-corrected chi connectivity index (χ2v) is 8.35. The van der Waals surface area contributed by atoms with Crippen molar-refractivity contribution in [2.24, 2.45) is 29.4 Å². The van der Waals surface area contributed by atoms with Gasteiger partial charge < -0.3 is 16.4 Å². The van der Waals surface area contributed by atoms with Gasteiger partial charge in [0.25, 0.3) is 0 Å². The molecule has 3 fully saturated rings. The van der Waals surface area contributed by atoms with Gasteiger partial charge in [-0.05, 0) is 63.3 Å². The third-order valence-electron chi connectivity index (χ3n) is 6.51. The smallest absolute Gasteiger partial charge is 0.234 e. The van der Waals surface area contributed by atoms with Crippen LogP contribution in [0.1, 0.15) is 45.4 Å². The van der Waals surface area contributed by atoms with Crippen LogP contribution in [-0.4, -0.2) is 55.5 Å². The van der Waals surface area contributed by atoms with Crippen LogP contribution in [0, 0.1) is 23.7 Å². The lowest BCUT2D eigenvalue weighted by Crippen LogP contribution is -2.49. The SMILES string of the molecule is CC(NC(=O)CN1CCCC(C(=O)NCCN)C1)C1CC2CCC1C2.Cl. The fourth-order valence-electron chi connectivity index (χ4n) is 5.27. The van der Waals surface area contributed by atoms with E-state index in [1.807, 2.05) is 0 Å². The lowest BCUT2D eigenvalue weighted by atomic mass is 9.84. The van der Waals surface area contributed by atoms with E-state index >= 15 is 0 Å². The molecule has 0 aromatic rings. The first-order valence-electron chi connectivity index (χ1n) is 10.1. The molecule has 0 aromatic carbocycles. The third-order valence-corrected chi connectivity index (χ3v) is 6.51. The number of piperidine rings is 1. The number of hydrogen-bond donors (Lipinski definition) is 3. The van der Waals surface area contributed by atoms with E-state index in [1.54, 1.807) is 0 Å². The number of rotatable bonds is 7. The number of nitrogens with two attached hydrogens (primary N) is 1. The average Bonchev–Trinajstić information content (AvgIpc) is 3.23. The summed E-state index contributed by atoms with van der Waals surface area (Å²) in [5, 5.41) is 6.10. The highest BCUT2D eigenvalue weighted by atomic mass is 35.5. The Morgan fingerprint density at radius 3 is 2.69 bits per heavy atom. The average molecular weight is 387 g/mol. The Balaban J connectivity index is 0.00000243. The molecule has 1 aliphatic heterocycles. The zero-order valence-corrected chi connectivity index (χ0v) is 16.7. The van der Waals surface area contributed by atoms with Crippen molar-refractivity contribution in [3.63, 3.8) is 0 Å². The van der Waals surface area contributed by atoms with E-state index in [9.17, 15) is 9.59 Å². The van der Waals surface area contributed by atoms with Crippen molar-refractivity contribution in [2.45, 2.75) is 51.5 Å². The van der Waals surface area contributed by atoms with Crippen molar-refractivity contribution in [2.75, 3.05) is 32.7 Å². The van der Waals surface area contributed by atoms with Gasteiger partial charge in [-0.2, -0.15) is 0 Å². The second kappa shape index (κ2) is 9.90. The van der Waals surface area contributed by atoms with Crippen LogP contribution in [0.25, 0.3) is 0 Å². The summed E-state index contributed by atoms with van der Waals surface area (Å²) >= 11 is 0. The number of carbonyl (C=O) groups excluding carboxylic acids is 2. The normalized spacial score (nSPS) is 31.9. The molecular formula is C19H35ClN4O2.